The van der Waals surface area contributed by atoms with Crippen molar-refractivity contribution in [1.82, 2.24) is 5.32 Å². The minimum atomic E-state index is 0.592. The van der Waals surface area contributed by atoms with Gasteiger partial charge in [0.1, 0.15) is 0 Å². The van der Waals surface area contributed by atoms with Gasteiger partial charge in [-0.1, -0.05) is 26.2 Å². The summed E-state index contributed by atoms with van der Waals surface area (Å²) in [6, 6.07) is 0.741. The van der Waals surface area contributed by atoms with Gasteiger partial charge in [0.25, 0.3) is 0 Å². The van der Waals surface area contributed by atoms with Crippen LogP contribution in [0.1, 0.15) is 51.9 Å². The molecule has 0 aromatic heterocycles. The third-order valence-electron chi connectivity index (χ3n) is 4.95. The molecule has 4 unspecified atom stereocenters. The standard InChI is InChI=1S/C14H25NO/c1-2-15-13(8-10-4-3-5-10)12-9-11-6-7-14(12)16-11/h10-15H,2-9H2,1H3. The van der Waals surface area contributed by atoms with Crippen LogP contribution in [-0.4, -0.2) is 24.8 Å². The van der Waals surface area contributed by atoms with Gasteiger partial charge in [-0.3, -0.25) is 0 Å². The number of hydrogen-bond donors (Lipinski definition) is 1. The summed E-state index contributed by atoms with van der Waals surface area (Å²) < 4.78 is 6.01. The number of ether oxygens (including phenoxy) is 1. The van der Waals surface area contributed by atoms with Gasteiger partial charge in [0.05, 0.1) is 12.2 Å². The first-order chi connectivity index (χ1) is 7.86. The number of fused-ring (bicyclic) bond motifs is 2. The molecule has 0 radical (unpaired) electrons. The van der Waals surface area contributed by atoms with E-state index >= 15 is 0 Å². The average molecular weight is 223 g/mol. The van der Waals surface area contributed by atoms with E-state index in [1.807, 2.05) is 0 Å². The molecule has 16 heavy (non-hydrogen) atoms. The van der Waals surface area contributed by atoms with E-state index in [-0.39, 0.29) is 0 Å². The number of nitrogens with one attached hydrogen (secondary N) is 1. The molecule has 0 spiro atoms. The van der Waals surface area contributed by atoms with Crippen LogP contribution < -0.4 is 5.32 Å². The summed E-state index contributed by atoms with van der Waals surface area (Å²) in [5, 5.41) is 3.73. The second-order valence-corrected chi connectivity index (χ2v) is 5.97. The molecule has 1 aliphatic carbocycles. The lowest BCUT2D eigenvalue weighted by Gasteiger charge is -2.35. The Labute approximate surface area is 99.1 Å². The van der Waals surface area contributed by atoms with E-state index in [0.29, 0.717) is 12.2 Å². The molecule has 2 aliphatic heterocycles. The quantitative estimate of drug-likeness (QED) is 0.774. The minimum absolute atomic E-state index is 0.592. The molecule has 92 valence electrons. The van der Waals surface area contributed by atoms with Crippen molar-refractivity contribution in [1.29, 1.82) is 0 Å². The van der Waals surface area contributed by atoms with Crippen LogP contribution in [0, 0.1) is 11.8 Å². The zero-order valence-corrected chi connectivity index (χ0v) is 10.5. The number of hydrogen-bond acceptors (Lipinski definition) is 2. The van der Waals surface area contributed by atoms with Gasteiger partial charge in [0.2, 0.25) is 0 Å². The van der Waals surface area contributed by atoms with Crippen molar-refractivity contribution in [3.63, 3.8) is 0 Å². The molecule has 0 aromatic rings. The van der Waals surface area contributed by atoms with E-state index in [2.05, 4.69) is 12.2 Å². The summed E-state index contributed by atoms with van der Waals surface area (Å²) in [7, 11) is 0. The van der Waals surface area contributed by atoms with Crippen molar-refractivity contribution in [2.24, 2.45) is 11.8 Å². The van der Waals surface area contributed by atoms with E-state index in [4.69, 9.17) is 4.74 Å². The van der Waals surface area contributed by atoms with Gasteiger partial charge < -0.3 is 10.1 Å². The Hall–Kier alpha value is -0.0800. The van der Waals surface area contributed by atoms with Crippen LogP contribution in [0.25, 0.3) is 0 Å². The topological polar surface area (TPSA) is 21.3 Å². The molecule has 1 saturated carbocycles. The van der Waals surface area contributed by atoms with Crippen molar-refractivity contribution >= 4 is 0 Å². The first-order valence-corrected chi connectivity index (χ1v) is 7.25. The van der Waals surface area contributed by atoms with Gasteiger partial charge >= 0.3 is 0 Å². The first-order valence-electron chi connectivity index (χ1n) is 7.25. The van der Waals surface area contributed by atoms with Crippen LogP contribution in [0.3, 0.4) is 0 Å². The predicted octanol–water partition coefficient (Wildman–Crippen LogP) is 2.72. The minimum Gasteiger partial charge on any atom is -0.375 e. The van der Waals surface area contributed by atoms with Crippen LogP contribution in [0.4, 0.5) is 0 Å². The number of rotatable bonds is 5. The summed E-state index contributed by atoms with van der Waals surface area (Å²) in [5.74, 6) is 1.84. The summed E-state index contributed by atoms with van der Waals surface area (Å²) in [5.41, 5.74) is 0. The SMILES string of the molecule is CCNC(CC1CCC1)C1CC2CCC1O2. The van der Waals surface area contributed by atoms with Crippen LogP contribution in [0.2, 0.25) is 0 Å². The van der Waals surface area contributed by atoms with Crippen LogP contribution in [0.5, 0.6) is 0 Å². The van der Waals surface area contributed by atoms with Gasteiger partial charge in [-0.15, -0.1) is 0 Å². The van der Waals surface area contributed by atoms with Gasteiger partial charge in [0.15, 0.2) is 0 Å². The van der Waals surface area contributed by atoms with E-state index in [9.17, 15) is 0 Å². The highest BCUT2D eigenvalue weighted by molar-refractivity contribution is 4.96. The lowest BCUT2D eigenvalue weighted by molar-refractivity contribution is 0.0813. The second-order valence-electron chi connectivity index (χ2n) is 5.97. The Morgan fingerprint density at radius 2 is 2.12 bits per heavy atom. The maximum absolute atomic E-state index is 6.01. The van der Waals surface area contributed by atoms with Crippen molar-refractivity contribution in [3.05, 3.63) is 0 Å². The molecule has 2 saturated heterocycles. The fourth-order valence-corrected chi connectivity index (χ4v) is 3.86. The largest absolute Gasteiger partial charge is 0.375 e. The first kappa shape index (κ1) is 11.0. The molecular weight excluding hydrogens is 198 g/mol. The Bertz CT molecular complexity index is 239. The van der Waals surface area contributed by atoms with Crippen molar-refractivity contribution < 1.29 is 4.74 Å². The Morgan fingerprint density at radius 1 is 1.25 bits per heavy atom. The third-order valence-corrected chi connectivity index (χ3v) is 4.95. The average Bonchev–Trinajstić information content (AvgIpc) is 2.82. The van der Waals surface area contributed by atoms with Gasteiger partial charge in [-0.2, -0.15) is 0 Å². The summed E-state index contributed by atoms with van der Waals surface area (Å²) in [4.78, 5) is 0. The summed E-state index contributed by atoms with van der Waals surface area (Å²) in [6.07, 6.45) is 11.0. The zero-order chi connectivity index (χ0) is 11.0. The molecule has 4 atom stereocenters. The fourth-order valence-electron chi connectivity index (χ4n) is 3.86. The Morgan fingerprint density at radius 3 is 2.62 bits per heavy atom. The molecule has 0 aromatic carbocycles. The van der Waals surface area contributed by atoms with Crippen molar-refractivity contribution in [2.75, 3.05) is 6.54 Å². The lowest BCUT2D eigenvalue weighted by Crippen LogP contribution is -2.42. The lowest BCUT2D eigenvalue weighted by atomic mass is 9.75. The second kappa shape index (κ2) is 4.66. The van der Waals surface area contributed by atoms with Gasteiger partial charge in [0, 0.05) is 12.0 Å². The smallest absolute Gasteiger partial charge is 0.0623 e. The van der Waals surface area contributed by atoms with Crippen LogP contribution >= 0.6 is 0 Å². The Kier molecular flexibility index (Phi) is 3.21. The summed E-state index contributed by atoms with van der Waals surface area (Å²) >= 11 is 0. The maximum atomic E-state index is 6.01. The van der Waals surface area contributed by atoms with Gasteiger partial charge in [-0.05, 0) is 38.1 Å². The highest BCUT2D eigenvalue weighted by Crippen LogP contribution is 2.43. The van der Waals surface area contributed by atoms with Crippen LogP contribution in [0.15, 0.2) is 0 Å². The molecule has 2 nitrogen and oxygen atoms in total. The van der Waals surface area contributed by atoms with Gasteiger partial charge in [-0.25, -0.2) is 0 Å². The normalized spacial score (nSPS) is 39.9. The maximum Gasteiger partial charge on any atom is 0.0623 e. The van der Waals surface area contributed by atoms with Crippen molar-refractivity contribution in [3.8, 4) is 0 Å². The molecule has 0 amide bonds. The third kappa shape index (κ3) is 2.02. The van der Waals surface area contributed by atoms with E-state index in [1.54, 1.807) is 0 Å². The van der Waals surface area contributed by atoms with E-state index in [1.165, 1.54) is 44.9 Å². The molecular formula is C14H25NO. The molecule has 3 aliphatic rings. The predicted molar refractivity (Wildman–Crippen MR) is 65.4 cm³/mol. The summed E-state index contributed by atoms with van der Waals surface area (Å²) in [6.45, 7) is 3.35. The van der Waals surface area contributed by atoms with Crippen molar-refractivity contribution in [2.45, 2.75) is 70.1 Å². The highest BCUT2D eigenvalue weighted by Gasteiger charge is 2.44. The molecule has 3 rings (SSSR count). The molecule has 2 heterocycles. The molecule has 2 heteroatoms. The molecule has 1 N–H and O–H groups in total. The zero-order valence-electron chi connectivity index (χ0n) is 10.5. The Balaban J connectivity index is 1.58. The monoisotopic (exact) mass is 223 g/mol. The highest BCUT2D eigenvalue weighted by atomic mass is 16.5. The molecule has 3 fully saturated rings. The fraction of sp³-hybridized carbons (Fsp3) is 1.00. The van der Waals surface area contributed by atoms with Crippen LogP contribution in [-0.2, 0) is 4.74 Å². The molecule has 2 bridgehead atoms. The van der Waals surface area contributed by atoms with E-state index in [0.717, 1.165) is 24.4 Å². The van der Waals surface area contributed by atoms with E-state index < -0.39 is 0 Å².